The van der Waals surface area contributed by atoms with Crippen molar-refractivity contribution < 1.29 is 0 Å². The zero-order valence-corrected chi connectivity index (χ0v) is 8.42. The standard InChI is InChI=1S/C10H12BrN/c11-10-4-2-1-3-8(10)9-5-7(9)6-12/h1-4,7,9H,5-6,12H2/t7-,9?/m0/s1. The van der Waals surface area contributed by atoms with Gasteiger partial charge in [-0.05, 0) is 36.4 Å². The molecule has 64 valence electrons. The molecule has 1 fully saturated rings. The van der Waals surface area contributed by atoms with Crippen LogP contribution in [0.4, 0.5) is 0 Å². The number of hydrogen-bond acceptors (Lipinski definition) is 1. The Morgan fingerprint density at radius 1 is 1.42 bits per heavy atom. The monoisotopic (exact) mass is 225 g/mol. The molecular formula is C10H12BrN. The van der Waals surface area contributed by atoms with Crippen LogP contribution in [0.1, 0.15) is 17.9 Å². The second kappa shape index (κ2) is 3.19. The van der Waals surface area contributed by atoms with Crippen LogP contribution in [0.15, 0.2) is 28.7 Å². The fraction of sp³-hybridized carbons (Fsp3) is 0.400. The van der Waals surface area contributed by atoms with Crippen molar-refractivity contribution >= 4 is 15.9 Å². The molecule has 0 aliphatic heterocycles. The van der Waals surface area contributed by atoms with Gasteiger partial charge in [0.25, 0.3) is 0 Å². The molecule has 1 unspecified atom stereocenters. The minimum atomic E-state index is 0.713. The lowest BCUT2D eigenvalue weighted by Gasteiger charge is -2.01. The lowest BCUT2D eigenvalue weighted by atomic mass is 10.1. The van der Waals surface area contributed by atoms with E-state index in [0.717, 1.165) is 12.5 Å². The zero-order valence-electron chi connectivity index (χ0n) is 6.83. The Labute approximate surface area is 81.1 Å². The van der Waals surface area contributed by atoms with Crippen LogP contribution in [-0.4, -0.2) is 6.54 Å². The molecule has 1 aromatic carbocycles. The van der Waals surface area contributed by atoms with Crippen LogP contribution in [0.25, 0.3) is 0 Å². The van der Waals surface area contributed by atoms with Crippen molar-refractivity contribution in [3.05, 3.63) is 34.3 Å². The van der Waals surface area contributed by atoms with E-state index in [9.17, 15) is 0 Å². The summed E-state index contributed by atoms with van der Waals surface area (Å²) in [7, 11) is 0. The van der Waals surface area contributed by atoms with Crippen molar-refractivity contribution in [3.63, 3.8) is 0 Å². The predicted octanol–water partition coefficient (Wildman–Crippen LogP) is 2.51. The highest BCUT2D eigenvalue weighted by Crippen LogP contribution is 2.48. The van der Waals surface area contributed by atoms with E-state index < -0.39 is 0 Å². The molecule has 0 bridgehead atoms. The lowest BCUT2D eigenvalue weighted by molar-refractivity contribution is 0.808. The Kier molecular flexibility index (Phi) is 2.20. The number of halogens is 1. The lowest BCUT2D eigenvalue weighted by Crippen LogP contribution is -2.02. The van der Waals surface area contributed by atoms with Gasteiger partial charge in [-0.25, -0.2) is 0 Å². The third kappa shape index (κ3) is 1.41. The van der Waals surface area contributed by atoms with E-state index in [0.29, 0.717) is 5.92 Å². The molecule has 1 aromatic rings. The van der Waals surface area contributed by atoms with Crippen molar-refractivity contribution in [2.45, 2.75) is 12.3 Å². The Hall–Kier alpha value is -0.340. The quantitative estimate of drug-likeness (QED) is 0.823. The maximum absolute atomic E-state index is 5.60. The maximum Gasteiger partial charge on any atom is 0.0210 e. The molecule has 1 saturated carbocycles. The van der Waals surface area contributed by atoms with Gasteiger partial charge in [0.05, 0.1) is 0 Å². The molecule has 0 heterocycles. The Balaban J connectivity index is 2.19. The summed E-state index contributed by atoms with van der Waals surface area (Å²) in [4.78, 5) is 0. The molecular weight excluding hydrogens is 214 g/mol. The molecule has 2 heteroatoms. The molecule has 0 saturated heterocycles. The number of nitrogens with two attached hydrogens (primary N) is 1. The number of rotatable bonds is 2. The van der Waals surface area contributed by atoms with Gasteiger partial charge in [-0.15, -0.1) is 0 Å². The molecule has 0 radical (unpaired) electrons. The van der Waals surface area contributed by atoms with E-state index in [1.54, 1.807) is 0 Å². The van der Waals surface area contributed by atoms with Crippen molar-refractivity contribution in [1.29, 1.82) is 0 Å². The number of hydrogen-bond donors (Lipinski definition) is 1. The van der Waals surface area contributed by atoms with Crippen LogP contribution >= 0.6 is 15.9 Å². The van der Waals surface area contributed by atoms with Crippen LogP contribution < -0.4 is 5.73 Å². The summed E-state index contributed by atoms with van der Waals surface area (Å²) in [6.45, 7) is 0.825. The minimum absolute atomic E-state index is 0.713. The van der Waals surface area contributed by atoms with E-state index in [2.05, 4.69) is 34.1 Å². The minimum Gasteiger partial charge on any atom is -0.330 e. The first-order chi connectivity index (χ1) is 5.83. The van der Waals surface area contributed by atoms with Gasteiger partial charge in [-0.2, -0.15) is 0 Å². The molecule has 1 nitrogen and oxygen atoms in total. The van der Waals surface area contributed by atoms with E-state index in [1.807, 2.05) is 6.07 Å². The summed E-state index contributed by atoms with van der Waals surface area (Å²) in [6.07, 6.45) is 1.26. The molecule has 0 aromatic heterocycles. The molecule has 2 rings (SSSR count). The van der Waals surface area contributed by atoms with Gasteiger partial charge in [0.1, 0.15) is 0 Å². The van der Waals surface area contributed by atoms with E-state index in [4.69, 9.17) is 5.73 Å². The summed E-state index contributed by atoms with van der Waals surface area (Å²) < 4.78 is 1.23. The van der Waals surface area contributed by atoms with Gasteiger partial charge >= 0.3 is 0 Å². The van der Waals surface area contributed by atoms with Crippen molar-refractivity contribution in [2.24, 2.45) is 11.7 Å². The average Bonchev–Trinajstić information content (AvgIpc) is 2.84. The predicted molar refractivity (Wildman–Crippen MR) is 54.0 cm³/mol. The van der Waals surface area contributed by atoms with Gasteiger partial charge in [-0.3, -0.25) is 0 Å². The SMILES string of the molecule is NC[C@@H]1CC1c1ccccc1Br. The second-order valence-electron chi connectivity index (χ2n) is 3.36. The first kappa shape index (κ1) is 8.27. The van der Waals surface area contributed by atoms with Crippen LogP contribution in [0.5, 0.6) is 0 Å². The fourth-order valence-corrected chi connectivity index (χ4v) is 2.24. The van der Waals surface area contributed by atoms with Gasteiger partial charge in [-0.1, -0.05) is 34.1 Å². The summed E-state index contributed by atoms with van der Waals surface area (Å²) in [5.41, 5.74) is 7.02. The highest BCUT2D eigenvalue weighted by atomic mass is 79.9. The fourth-order valence-electron chi connectivity index (χ4n) is 1.66. The smallest absolute Gasteiger partial charge is 0.0210 e. The third-order valence-corrected chi connectivity index (χ3v) is 3.25. The normalized spacial score (nSPS) is 27.2. The average molecular weight is 226 g/mol. The van der Waals surface area contributed by atoms with Crippen molar-refractivity contribution in [2.75, 3.05) is 6.54 Å². The zero-order chi connectivity index (χ0) is 8.55. The highest BCUT2D eigenvalue weighted by molar-refractivity contribution is 9.10. The Bertz CT molecular complexity index is 285. The summed E-state index contributed by atoms with van der Waals surface area (Å²) in [5, 5.41) is 0. The van der Waals surface area contributed by atoms with Gasteiger partial charge in [0.2, 0.25) is 0 Å². The largest absolute Gasteiger partial charge is 0.330 e. The van der Waals surface area contributed by atoms with E-state index in [1.165, 1.54) is 16.5 Å². The molecule has 1 aliphatic rings. The first-order valence-corrected chi connectivity index (χ1v) is 5.06. The molecule has 12 heavy (non-hydrogen) atoms. The van der Waals surface area contributed by atoms with Crippen LogP contribution in [0.2, 0.25) is 0 Å². The molecule has 1 aliphatic carbocycles. The summed E-state index contributed by atoms with van der Waals surface area (Å²) >= 11 is 3.55. The number of benzene rings is 1. The topological polar surface area (TPSA) is 26.0 Å². The van der Waals surface area contributed by atoms with Crippen LogP contribution in [-0.2, 0) is 0 Å². The maximum atomic E-state index is 5.60. The molecule has 2 atom stereocenters. The Morgan fingerprint density at radius 3 is 2.75 bits per heavy atom. The van der Waals surface area contributed by atoms with Gasteiger partial charge in [0, 0.05) is 4.47 Å². The van der Waals surface area contributed by atoms with E-state index in [-0.39, 0.29) is 0 Å². The van der Waals surface area contributed by atoms with Crippen molar-refractivity contribution in [1.82, 2.24) is 0 Å². The van der Waals surface area contributed by atoms with Crippen LogP contribution in [0, 0.1) is 5.92 Å². The van der Waals surface area contributed by atoms with Gasteiger partial charge in [0.15, 0.2) is 0 Å². The highest BCUT2D eigenvalue weighted by Gasteiger charge is 2.37. The van der Waals surface area contributed by atoms with E-state index >= 15 is 0 Å². The molecule has 2 N–H and O–H groups in total. The van der Waals surface area contributed by atoms with Crippen LogP contribution in [0.3, 0.4) is 0 Å². The molecule has 0 spiro atoms. The van der Waals surface area contributed by atoms with Gasteiger partial charge < -0.3 is 5.73 Å². The summed E-state index contributed by atoms with van der Waals surface area (Å²) in [5.74, 6) is 1.44. The Morgan fingerprint density at radius 2 is 2.17 bits per heavy atom. The third-order valence-electron chi connectivity index (χ3n) is 2.53. The molecule has 0 amide bonds. The van der Waals surface area contributed by atoms with Crippen molar-refractivity contribution in [3.8, 4) is 0 Å². The summed E-state index contributed by atoms with van der Waals surface area (Å²) in [6, 6.07) is 8.42. The first-order valence-electron chi connectivity index (χ1n) is 4.27. The second-order valence-corrected chi connectivity index (χ2v) is 4.21.